The van der Waals surface area contributed by atoms with Crippen LogP contribution in [-0.2, 0) is 17.4 Å². The molecule has 32 heavy (non-hydrogen) atoms. The van der Waals surface area contributed by atoms with Crippen LogP contribution >= 0.6 is 0 Å². The smallest absolute Gasteiger partial charge is 0.262 e. The Hall–Kier alpha value is -4.12. The Kier molecular flexibility index (Phi) is 4.67. The SMILES string of the molecule is CN1CCC(O)(c2cc(-c3cccc(-c4ccnc(Nc5cnn(C)c5)n4)n3)no2)C1=O. The molecule has 1 amide bonds. The molecule has 0 spiro atoms. The molecule has 1 unspecified atom stereocenters. The van der Waals surface area contributed by atoms with Crippen molar-refractivity contribution in [1.29, 1.82) is 0 Å². The highest BCUT2D eigenvalue weighted by atomic mass is 16.5. The monoisotopic (exact) mass is 432 g/mol. The van der Waals surface area contributed by atoms with Gasteiger partial charge in [-0.15, -0.1) is 0 Å². The maximum Gasteiger partial charge on any atom is 0.262 e. The van der Waals surface area contributed by atoms with Crippen LogP contribution in [0.3, 0.4) is 0 Å². The Morgan fingerprint density at radius 2 is 1.91 bits per heavy atom. The molecule has 0 saturated carbocycles. The lowest BCUT2D eigenvalue weighted by molar-refractivity contribution is -0.144. The summed E-state index contributed by atoms with van der Waals surface area (Å²) in [4.78, 5) is 27.2. The van der Waals surface area contributed by atoms with Crippen LogP contribution < -0.4 is 5.32 Å². The number of likely N-dealkylation sites (N-methyl/N-ethyl adjacent to an activating group) is 1. The first-order chi connectivity index (χ1) is 15.4. The number of carbonyl (C=O) groups is 1. The van der Waals surface area contributed by atoms with Gasteiger partial charge in [0.1, 0.15) is 5.69 Å². The van der Waals surface area contributed by atoms with Crippen molar-refractivity contribution in [2.24, 2.45) is 7.05 Å². The molecule has 1 aliphatic rings. The van der Waals surface area contributed by atoms with Crippen LogP contribution in [0.15, 0.2) is 53.4 Å². The Morgan fingerprint density at radius 3 is 2.62 bits per heavy atom. The number of hydrogen-bond acceptors (Lipinski definition) is 9. The van der Waals surface area contributed by atoms with E-state index in [1.165, 1.54) is 4.90 Å². The summed E-state index contributed by atoms with van der Waals surface area (Å²) >= 11 is 0. The minimum absolute atomic E-state index is 0.110. The van der Waals surface area contributed by atoms with Crippen LogP contribution in [0.2, 0.25) is 0 Å². The van der Waals surface area contributed by atoms with Gasteiger partial charge in [-0.1, -0.05) is 11.2 Å². The highest BCUT2D eigenvalue weighted by molar-refractivity contribution is 5.87. The molecule has 0 aliphatic carbocycles. The number of aryl methyl sites for hydroxylation is 1. The molecular weight excluding hydrogens is 412 g/mol. The van der Waals surface area contributed by atoms with Gasteiger partial charge in [0.05, 0.1) is 29.0 Å². The van der Waals surface area contributed by atoms with Crippen LogP contribution in [-0.4, -0.2) is 59.4 Å². The van der Waals surface area contributed by atoms with Crippen molar-refractivity contribution in [2.45, 2.75) is 12.0 Å². The summed E-state index contributed by atoms with van der Waals surface area (Å²) in [5.74, 6) is 0.119. The van der Waals surface area contributed by atoms with E-state index in [0.29, 0.717) is 35.3 Å². The molecule has 4 aromatic rings. The number of aromatic nitrogens is 6. The average molecular weight is 432 g/mol. The van der Waals surface area contributed by atoms with Gasteiger partial charge in [0.25, 0.3) is 5.91 Å². The second-order valence-electron chi connectivity index (χ2n) is 7.61. The van der Waals surface area contributed by atoms with Gasteiger partial charge < -0.3 is 19.8 Å². The fourth-order valence-corrected chi connectivity index (χ4v) is 3.57. The molecule has 5 rings (SSSR count). The highest BCUT2D eigenvalue weighted by Gasteiger charge is 2.48. The molecule has 4 aromatic heterocycles. The van der Waals surface area contributed by atoms with Gasteiger partial charge in [-0.3, -0.25) is 9.48 Å². The molecule has 1 fully saturated rings. The Balaban J connectivity index is 1.42. The number of carbonyl (C=O) groups excluding carboxylic acids is 1. The second kappa shape index (κ2) is 7.54. The molecular formula is C21H20N8O3. The van der Waals surface area contributed by atoms with E-state index in [9.17, 15) is 9.90 Å². The van der Waals surface area contributed by atoms with Crippen molar-refractivity contribution in [3.8, 4) is 22.8 Å². The van der Waals surface area contributed by atoms with Crippen LogP contribution in [0, 0.1) is 0 Å². The van der Waals surface area contributed by atoms with E-state index in [4.69, 9.17) is 4.52 Å². The summed E-state index contributed by atoms with van der Waals surface area (Å²) in [5.41, 5.74) is 1.24. The maximum absolute atomic E-state index is 12.3. The van der Waals surface area contributed by atoms with E-state index < -0.39 is 11.5 Å². The third-order valence-corrected chi connectivity index (χ3v) is 5.32. The maximum atomic E-state index is 12.3. The third-order valence-electron chi connectivity index (χ3n) is 5.32. The zero-order valence-electron chi connectivity index (χ0n) is 17.4. The average Bonchev–Trinajstić information content (AvgIpc) is 3.52. The zero-order valence-corrected chi connectivity index (χ0v) is 17.4. The molecule has 1 aliphatic heterocycles. The van der Waals surface area contributed by atoms with Crippen molar-refractivity contribution in [3.63, 3.8) is 0 Å². The summed E-state index contributed by atoms with van der Waals surface area (Å²) in [6, 6.07) is 8.73. The number of rotatable bonds is 5. The van der Waals surface area contributed by atoms with Crippen LogP contribution in [0.1, 0.15) is 12.2 Å². The number of anilines is 2. The third kappa shape index (κ3) is 3.48. The van der Waals surface area contributed by atoms with E-state index in [-0.39, 0.29) is 12.2 Å². The van der Waals surface area contributed by atoms with E-state index in [1.807, 2.05) is 25.4 Å². The van der Waals surface area contributed by atoms with Crippen LogP contribution in [0.4, 0.5) is 11.6 Å². The van der Waals surface area contributed by atoms with Crippen LogP contribution in [0.5, 0.6) is 0 Å². The standard InChI is InChI=1S/C21H20N8O3/c1-28-9-7-21(31,19(28)30)18-10-17(27-32-18)15-5-3-4-14(25-15)16-6-8-22-20(26-16)24-13-11-23-29(2)12-13/h3-6,8,10-12,31H,7,9H2,1-2H3,(H,22,24,26). The van der Waals surface area contributed by atoms with Gasteiger partial charge in [0, 0.05) is 45.5 Å². The molecule has 0 bridgehead atoms. The van der Waals surface area contributed by atoms with Gasteiger partial charge in [0.2, 0.25) is 11.5 Å². The zero-order chi connectivity index (χ0) is 22.3. The molecule has 1 saturated heterocycles. The first-order valence-electron chi connectivity index (χ1n) is 9.94. The number of aliphatic hydroxyl groups is 1. The van der Waals surface area contributed by atoms with Crippen molar-refractivity contribution >= 4 is 17.5 Å². The summed E-state index contributed by atoms with van der Waals surface area (Å²) in [7, 11) is 3.47. The van der Waals surface area contributed by atoms with E-state index in [2.05, 4.69) is 30.5 Å². The number of amides is 1. The van der Waals surface area contributed by atoms with Crippen molar-refractivity contribution in [3.05, 3.63) is 54.7 Å². The molecule has 5 heterocycles. The summed E-state index contributed by atoms with van der Waals surface area (Å²) in [6.07, 6.45) is 5.38. The molecule has 1 atom stereocenters. The minimum Gasteiger partial charge on any atom is -0.373 e. The van der Waals surface area contributed by atoms with Crippen molar-refractivity contribution in [2.75, 3.05) is 18.9 Å². The first-order valence-corrected chi connectivity index (χ1v) is 9.94. The number of likely N-dealkylation sites (tertiary alicyclic amines) is 1. The summed E-state index contributed by atoms with van der Waals surface area (Å²) < 4.78 is 7.00. The molecule has 0 radical (unpaired) electrons. The predicted molar refractivity (Wildman–Crippen MR) is 113 cm³/mol. The van der Waals surface area contributed by atoms with Crippen molar-refractivity contribution < 1.29 is 14.4 Å². The lowest BCUT2D eigenvalue weighted by Crippen LogP contribution is -2.35. The number of pyridine rings is 1. The number of nitrogens with zero attached hydrogens (tertiary/aromatic N) is 7. The minimum atomic E-state index is -1.70. The van der Waals surface area contributed by atoms with E-state index in [0.717, 1.165) is 5.69 Å². The molecule has 0 aromatic carbocycles. The Bertz CT molecular complexity index is 1300. The second-order valence-corrected chi connectivity index (χ2v) is 7.61. The quantitative estimate of drug-likeness (QED) is 0.483. The predicted octanol–water partition coefficient (Wildman–Crippen LogP) is 1.72. The van der Waals surface area contributed by atoms with Gasteiger partial charge in [-0.25, -0.2) is 15.0 Å². The molecule has 11 nitrogen and oxygen atoms in total. The summed E-state index contributed by atoms with van der Waals surface area (Å²) in [5, 5.41) is 22.0. The van der Waals surface area contributed by atoms with Crippen molar-refractivity contribution in [1.82, 2.24) is 34.8 Å². The van der Waals surface area contributed by atoms with Gasteiger partial charge >= 0.3 is 0 Å². The largest absolute Gasteiger partial charge is 0.373 e. The summed E-state index contributed by atoms with van der Waals surface area (Å²) in [6.45, 7) is 0.447. The van der Waals surface area contributed by atoms with Gasteiger partial charge in [0.15, 0.2) is 5.76 Å². The van der Waals surface area contributed by atoms with Crippen LogP contribution in [0.25, 0.3) is 22.8 Å². The fourth-order valence-electron chi connectivity index (χ4n) is 3.57. The van der Waals surface area contributed by atoms with Gasteiger partial charge in [-0.2, -0.15) is 5.10 Å². The molecule has 2 N–H and O–H groups in total. The Morgan fingerprint density at radius 1 is 1.12 bits per heavy atom. The normalized spacial score (nSPS) is 18.3. The highest BCUT2D eigenvalue weighted by Crippen LogP contribution is 2.34. The lowest BCUT2D eigenvalue weighted by Gasteiger charge is -2.16. The number of nitrogens with one attached hydrogen (secondary N) is 1. The number of hydrogen-bond donors (Lipinski definition) is 2. The fraction of sp³-hybridized carbons (Fsp3) is 0.238. The molecule has 11 heteroatoms. The lowest BCUT2D eigenvalue weighted by atomic mass is 9.98. The topological polar surface area (TPSA) is 135 Å². The first kappa shape index (κ1) is 19.8. The molecule has 162 valence electrons. The van der Waals surface area contributed by atoms with E-state index in [1.54, 1.807) is 42.3 Å². The Labute approximate surface area is 182 Å². The van der Waals surface area contributed by atoms with E-state index >= 15 is 0 Å². The van der Waals surface area contributed by atoms with Gasteiger partial charge in [-0.05, 0) is 18.2 Å².